The van der Waals surface area contributed by atoms with Gasteiger partial charge in [0.2, 0.25) is 0 Å². The number of nitrogens with zero attached hydrogens (tertiary/aromatic N) is 1. The predicted octanol–water partition coefficient (Wildman–Crippen LogP) is 1.22. The molecule has 1 aromatic heterocycles. The molecule has 0 radical (unpaired) electrons. The maximum Gasteiger partial charge on any atom is 0.315 e. The van der Waals surface area contributed by atoms with Gasteiger partial charge in [0.05, 0.1) is 36.0 Å². The average Bonchev–Trinajstić information content (AvgIpc) is 2.95. The van der Waals surface area contributed by atoms with E-state index in [4.69, 9.17) is 9.84 Å². The molecule has 3 atom stereocenters. The van der Waals surface area contributed by atoms with Crippen LogP contribution in [0.25, 0.3) is 0 Å². The van der Waals surface area contributed by atoms with Gasteiger partial charge in [-0.3, -0.25) is 4.79 Å². The molecular formula is C13H19N3O4S. The maximum absolute atomic E-state index is 12.0. The summed E-state index contributed by atoms with van der Waals surface area (Å²) in [4.78, 5) is 28.3. The third kappa shape index (κ3) is 3.70. The van der Waals surface area contributed by atoms with Crippen molar-refractivity contribution < 1.29 is 19.4 Å². The summed E-state index contributed by atoms with van der Waals surface area (Å²) >= 11 is 1.54. The van der Waals surface area contributed by atoms with Crippen LogP contribution in [0.3, 0.4) is 0 Å². The average molecular weight is 313 g/mol. The Labute approximate surface area is 126 Å². The first-order valence-corrected chi connectivity index (χ1v) is 7.51. The third-order valence-electron chi connectivity index (χ3n) is 3.39. The minimum Gasteiger partial charge on any atom is -0.481 e. The molecule has 1 aliphatic heterocycles. The van der Waals surface area contributed by atoms with Crippen LogP contribution in [-0.4, -0.2) is 41.3 Å². The highest BCUT2D eigenvalue weighted by Crippen LogP contribution is 2.24. The number of aromatic nitrogens is 1. The van der Waals surface area contributed by atoms with Crippen LogP contribution in [-0.2, 0) is 9.53 Å². The van der Waals surface area contributed by atoms with E-state index in [-0.39, 0.29) is 19.3 Å². The summed E-state index contributed by atoms with van der Waals surface area (Å²) in [5, 5.41) is 15.5. The van der Waals surface area contributed by atoms with Crippen molar-refractivity contribution in [3.8, 4) is 0 Å². The molecule has 1 fully saturated rings. The summed E-state index contributed by atoms with van der Waals surface area (Å²) in [5.74, 6) is -1.65. The van der Waals surface area contributed by atoms with Gasteiger partial charge >= 0.3 is 12.0 Å². The van der Waals surface area contributed by atoms with E-state index < -0.39 is 24.0 Å². The first-order valence-electron chi connectivity index (χ1n) is 6.70. The Morgan fingerprint density at radius 2 is 2.14 bits per heavy atom. The molecule has 0 bridgehead atoms. The van der Waals surface area contributed by atoms with Crippen molar-refractivity contribution >= 4 is 23.3 Å². The van der Waals surface area contributed by atoms with Crippen LogP contribution in [0.15, 0.2) is 0 Å². The number of urea groups is 1. The summed E-state index contributed by atoms with van der Waals surface area (Å²) in [6.45, 7) is 6.04. The second-order valence-electron chi connectivity index (χ2n) is 5.11. The fourth-order valence-electron chi connectivity index (χ4n) is 2.36. The monoisotopic (exact) mass is 313 g/mol. The lowest BCUT2D eigenvalue weighted by molar-refractivity contribution is -0.142. The number of rotatable bonds is 4. The highest BCUT2D eigenvalue weighted by molar-refractivity contribution is 7.11. The van der Waals surface area contributed by atoms with Crippen LogP contribution < -0.4 is 10.6 Å². The zero-order valence-electron chi connectivity index (χ0n) is 12.2. The van der Waals surface area contributed by atoms with E-state index >= 15 is 0 Å². The van der Waals surface area contributed by atoms with Crippen molar-refractivity contribution in [2.45, 2.75) is 32.9 Å². The van der Waals surface area contributed by atoms with Crippen molar-refractivity contribution in [1.82, 2.24) is 15.6 Å². The SMILES string of the molecule is Cc1nc(C)c(C(C)NC(=O)NC2COCC2C(=O)O)s1. The molecule has 2 amide bonds. The van der Waals surface area contributed by atoms with Gasteiger partial charge in [-0.25, -0.2) is 9.78 Å². The lowest BCUT2D eigenvalue weighted by Gasteiger charge is -2.19. The van der Waals surface area contributed by atoms with Crippen LogP contribution >= 0.6 is 11.3 Å². The standard InChI is InChI=1S/C13H19N3O4S/c1-6-11(21-8(3)14-6)7(2)15-13(19)16-10-5-20-4-9(10)12(17)18/h7,9-10H,4-5H2,1-3H3,(H,17,18)(H2,15,16,19). The number of thiazole rings is 1. The van der Waals surface area contributed by atoms with Crippen molar-refractivity contribution in [3.63, 3.8) is 0 Å². The molecule has 3 unspecified atom stereocenters. The predicted molar refractivity (Wildman–Crippen MR) is 77.4 cm³/mol. The molecule has 21 heavy (non-hydrogen) atoms. The minimum atomic E-state index is -0.959. The van der Waals surface area contributed by atoms with E-state index in [1.165, 1.54) is 0 Å². The second-order valence-corrected chi connectivity index (χ2v) is 6.35. The van der Waals surface area contributed by atoms with Crippen LogP contribution in [0.4, 0.5) is 4.79 Å². The Morgan fingerprint density at radius 3 is 2.71 bits per heavy atom. The van der Waals surface area contributed by atoms with Crippen molar-refractivity contribution in [1.29, 1.82) is 0 Å². The van der Waals surface area contributed by atoms with Crippen LogP contribution in [0.2, 0.25) is 0 Å². The number of carboxylic acids is 1. The van der Waals surface area contributed by atoms with E-state index in [9.17, 15) is 9.59 Å². The Morgan fingerprint density at radius 1 is 1.43 bits per heavy atom. The highest BCUT2D eigenvalue weighted by Gasteiger charge is 2.35. The van der Waals surface area contributed by atoms with Gasteiger partial charge in [0, 0.05) is 4.88 Å². The zero-order chi connectivity index (χ0) is 15.6. The Balaban J connectivity index is 1.92. The number of ether oxygens (including phenoxy) is 1. The maximum atomic E-state index is 12.0. The van der Waals surface area contributed by atoms with Gasteiger partial charge in [0.15, 0.2) is 0 Å². The Hall–Kier alpha value is -1.67. The van der Waals surface area contributed by atoms with E-state index in [1.807, 2.05) is 20.8 Å². The fourth-order valence-corrected chi connectivity index (χ4v) is 3.29. The van der Waals surface area contributed by atoms with Gasteiger partial charge in [-0.1, -0.05) is 0 Å². The number of nitrogens with one attached hydrogen (secondary N) is 2. The van der Waals surface area contributed by atoms with E-state index in [0.29, 0.717) is 0 Å². The fraction of sp³-hybridized carbons (Fsp3) is 0.615. The lowest BCUT2D eigenvalue weighted by Crippen LogP contribution is -2.47. The molecule has 8 heteroatoms. The number of hydrogen-bond acceptors (Lipinski definition) is 5. The molecule has 116 valence electrons. The molecule has 0 aliphatic carbocycles. The molecule has 2 rings (SSSR count). The summed E-state index contributed by atoms with van der Waals surface area (Å²) in [7, 11) is 0. The van der Waals surface area contributed by atoms with E-state index in [0.717, 1.165) is 15.6 Å². The normalized spacial score (nSPS) is 22.8. The summed E-state index contributed by atoms with van der Waals surface area (Å²) in [6, 6.07) is -1.07. The lowest BCUT2D eigenvalue weighted by atomic mass is 10.0. The number of aryl methyl sites for hydroxylation is 2. The zero-order valence-corrected chi connectivity index (χ0v) is 13.0. The first-order chi connectivity index (χ1) is 9.88. The Bertz CT molecular complexity index is 546. The molecule has 1 saturated heterocycles. The van der Waals surface area contributed by atoms with E-state index in [1.54, 1.807) is 11.3 Å². The van der Waals surface area contributed by atoms with Crippen molar-refractivity contribution in [2.75, 3.05) is 13.2 Å². The molecular weight excluding hydrogens is 294 g/mol. The smallest absolute Gasteiger partial charge is 0.315 e. The molecule has 7 nitrogen and oxygen atoms in total. The van der Waals surface area contributed by atoms with Crippen LogP contribution in [0.5, 0.6) is 0 Å². The van der Waals surface area contributed by atoms with Gasteiger partial charge in [0.1, 0.15) is 5.92 Å². The molecule has 0 spiro atoms. The molecule has 1 aromatic rings. The number of carbonyl (C=O) groups excluding carboxylic acids is 1. The third-order valence-corrected chi connectivity index (χ3v) is 4.65. The molecule has 0 aromatic carbocycles. The molecule has 2 heterocycles. The van der Waals surface area contributed by atoms with Gasteiger partial charge in [-0.2, -0.15) is 0 Å². The van der Waals surface area contributed by atoms with Gasteiger partial charge in [0.25, 0.3) is 0 Å². The second kappa shape index (κ2) is 6.40. The molecule has 0 saturated carbocycles. The van der Waals surface area contributed by atoms with Gasteiger partial charge in [-0.05, 0) is 20.8 Å². The minimum absolute atomic E-state index is 0.128. The van der Waals surface area contributed by atoms with Crippen LogP contribution in [0, 0.1) is 19.8 Å². The summed E-state index contributed by atoms with van der Waals surface area (Å²) in [6.07, 6.45) is 0. The number of amides is 2. The number of hydrogen-bond donors (Lipinski definition) is 3. The van der Waals surface area contributed by atoms with Gasteiger partial charge < -0.3 is 20.5 Å². The Kier molecular flexibility index (Phi) is 4.79. The highest BCUT2D eigenvalue weighted by atomic mass is 32.1. The van der Waals surface area contributed by atoms with E-state index in [2.05, 4.69) is 15.6 Å². The number of carboxylic acid groups (broad SMARTS) is 1. The topological polar surface area (TPSA) is 101 Å². The quantitative estimate of drug-likeness (QED) is 0.776. The molecule has 3 N–H and O–H groups in total. The summed E-state index contributed by atoms with van der Waals surface area (Å²) in [5.41, 5.74) is 0.901. The number of carbonyl (C=O) groups is 2. The summed E-state index contributed by atoms with van der Waals surface area (Å²) < 4.78 is 5.11. The number of aliphatic carboxylic acids is 1. The van der Waals surface area contributed by atoms with Crippen molar-refractivity contribution in [3.05, 3.63) is 15.6 Å². The van der Waals surface area contributed by atoms with Gasteiger partial charge in [-0.15, -0.1) is 11.3 Å². The first kappa shape index (κ1) is 15.7. The van der Waals surface area contributed by atoms with Crippen molar-refractivity contribution in [2.24, 2.45) is 5.92 Å². The van der Waals surface area contributed by atoms with Crippen LogP contribution in [0.1, 0.15) is 28.5 Å². The molecule has 1 aliphatic rings. The largest absolute Gasteiger partial charge is 0.481 e.